The maximum atomic E-state index is 12.6. The van der Waals surface area contributed by atoms with E-state index in [0.717, 1.165) is 25.2 Å². The third-order valence-electron chi connectivity index (χ3n) is 6.32. The van der Waals surface area contributed by atoms with Gasteiger partial charge >= 0.3 is 12.1 Å². The predicted octanol–water partition coefficient (Wildman–Crippen LogP) is 4.69. The molecule has 0 spiro atoms. The topological polar surface area (TPSA) is 64.6 Å². The van der Waals surface area contributed by atoms with Crippen molar-refractivity contribution in [3.05, 3.63) is 0 Å². The number of amides is 1. The van der Waals surface area contributed by atoms with Crippen LogP contribution in [0.5, 0.6) is 0 Å². The molecule has 5 atom stereocenters. The Morgan fingerprint density at radius 2 is 1.88 bits per heavy atom. The maximum Gasteiger partial charge on any atom is 0.408 e. The highest BCUT2D eigenvalue weighted by atomic mass is 16.6. The molecule has 2 bridgehead atoms. The molecule has 0 aliphatic heterocycles. The number of carbonyl (C=O) groups excluding carboxylic acids is 2. The molecule has 0 aromatic rings. The third-order valence-corrected chi connectivity index (χ3v) is 6.32. The van der Waals surface area contributed by atoms with E-state index in [1.165, 1.54) is 26.4 Å². The molecule has 0 saturated heterocycles. The Morgan fingerprint density at radius 3 is 2.42 bits per heavy atom. The largest absolute Gasteiger partial charge is 0.467 e. The lowest BCUT2D eigenvalue weighted by Gasteiger charge is -2.56. The number of nitrogens with one attached hydrogen (secondary N) is 1. The number of methoxy groups -OCH3 is 1. The van der Waals surface area contributed by atoms with Gasteiger partial charge in [-0.05, 0) is 75.5 Å². The van der Waals surface area contributed by atoms with Gasteiger partial charge in [0.1, 0.15) is 11.6 Å². The van der Waals surface area contributed by atoms with Gasteiger partial charge in [0.15, 0.2) is 0 Å². The molecule has 26 heavy (non-hydrogen) atoms. The lowest BCUT2D eigenvalue weighted by molar-refractivity contribution is -0.150. The Hall–Kier alpha value is -1.26. The van der Waals surface area contributed by atoms with E-state index >= 15 is 0 Å². The summed E-state index contributed by atoms with van der Waals surface area (Å²) in [6.45, 7) is 12.2. The molecule has 1 N–H and O–H groups in total. The molecule has 0 heterocycles. The quantitative estimate of drug-likeness (QED) is 0.732. The van der Waals surface area contributed by atoms with E-state index in [1.54, 1.807) is 0 Å². The molecule has 2 aliphatic rings. The zero-order valence-corrected chi connectivity index (χ0v) is 17.6. The number of hydrogen-bond donors (Lipinski definition) is 1. The summed E-state index contributed by atoms with van der Waals surface area (Å²) in [6.07, 6.45) is 6.09. The van der Waals surface area contributed by atoms with Crippen LogP contribution < -0.4 is 5.32 Å². The summed E-state index contributed by atoms with van der Waals surface area (Å²) in [5, 5.41) is 2.84. The number of alkyl carbamates (subject to hydrolysis) is 1. The summed E-state index contributed by atoms with van der Waals surface area (Å²) in [7, 11) is 1.39. The van der Waals surface area contributed by atoms with Crippen molar-refractivity contribution in [1.82, 2.24) is 5.32 Å². The van der Waals surface area contributed by atoms with Gasteiger partial charge in [-0.25, -0.2) is 9.59 Å². The Labute approximate surface area is 158 Å². The summed E-state index contributed by atoms with van der Waals surface area (Å²) < 4.78 is 10.5. The van der Waals surface area contributed by atoms with Crippen molar-refractivity contribution >= 4 is 12.1 Å². The highest BCUT2D eigenvalue weighted by Crippen LogP contribution is 2.59. The fourth-order valence-corrected chi connectivity index (χ4v) is 5.75. The predicted molar refractivity (Wildman–Crippen MR) is 102 cm³/mol. The molecule has 150 valence electrons. The molecule has 0 aromatic carbocycles. The second-order valence-electron chi connectivity index (χ2n) is 10.1. The first-order chi connectivity index (χ1) is 11.9. The zero-order valence-electron chi connectivity index (χ0n) is 17.6. The van der Waals surface area contributed by atoms with Crippen LogP contribution >= 0.6 is 0 Å². The van der Waals surface area contributed by atoms with Crippen LogP contribution in [-0.4, -0.2) is 30.8 Å². The number of rotatable bonds is 4. The van der Waals surface area contributed by atoms with Crippen molar-refractivity contribution in [3.63, 3.8) is 0 Å². The average molecular weight is 368 g/mol. The highest BCUT2D eigenvalue weighted by Gasteiger charge is 2.54. The second-order valence-corrected chi connectivity index (χ2v) is 10.1. The van der Waals surface area contributed by atoms with Crippen LogP contribution in [0.4, 0.5) is 4.79 Å². The Morgan fingerprint density at radius 1 is 1.23 bits per heavy atom. The van der Waals surface area contributed by atoms with E-state index in [2.05, 4.69) is 26.1 Å². The fraction of sp³-hybridized carbons (Fsp3) is 0.905. The number of esters is 1. The van der Waals surface area contributed by atoms with Gasteiger partial charge in [-0.3, -0.25) is 0 Å². The highest BCUT2D eigenvalue weighted by molar-refractivity contribution is 5.82. The Bertz CT molecular complexity index is 537. The number of fused-ring (bicyclic) bond motifs is 2. The smallest absolute Gasteiger partial charge is 0.408 e. The summed E-state index contributed by atoms with van der Waals surface area (Å²) in [5.41, 5.74) is -0.658. The van der Waals surface area contributed by atoms with Crippen molar-refractivity contribution in [1.29, 1.82) is 0 Å². The molecular weight excluding hydrogens is 330 g/mol. The Kier molecular flexibility index (Phi) is 5.99. The second kappa shape index (κ2) is 7.40. The van der Waals surface area contributed by atoms with E-state index in [9.17, 15) is 9.59 Å². The molecule has 2 aliphatic carbocycles. The molecule has 2 rings (SSSR count). The normalized spacial score (nSPS) is 35.3. The third kappa shape index (κ3) is 4.72. The van der Waals surface area contributed by atoms with E-state index < -0.39 is 17.7 Å². The SMILES string of the molecule is CCC12CC(C)CC(C1)CC(C)(C(NC(=O)OC(C)(C)C)C(=O)OC)C2. The van der Waals surface area contributed by atoms with E-state index in [-0.39, 0.29) is 16.8 Å². The number of carbonyl (C=O) groups is 2. The minimum atomic E-state index is -0.676. The summed E-state index contributed by atoms with van der Waals surface area (Å²) >= 11 is 0. The van der Waals surface area contributed by atoms with Gasteiger partial charge in [0.05, 0.1) is 7.11 Å². The van der Waals surface area contributed by atoms with Crippen LogP contribution in [0.3, 0.4) is 0 Å². The van der Waals surface area contributed by atoms with E-state index in [4.69, 9.17) is 9.47 Å². The molecule has 5 unspecified atom stereocenters. The number of hydrogen-bond acceptors (Lipinski definition) is 4. The lowest BCUT2D eigenvalue weighted by atomic mass is 9.50. The molecular formula is C21H37NO4. The van der Waals surface area contributed by atoms with Gasteiger partial charge in [-0.1, -0.05) is 27.2 Å². The van der Waals surface area contributed by atoms with Gasteiger partial charge in [-0.2, -0.15) is 0 Å². The maximum absolute atomic E-state index is 12.6. The molecule has 1 amide bonds. The first-order valence-corrected chi connectivity index (χ1v) is 9.99. The van der Waals surface area contributed by atoms with Crippen LogP contribution in [0, 0.1) is 22.7 Å². The standard InChI is InChI=1S/C21H37NO4/c1-8-21-10-14(2)9-15(12-21)11-20(6,13-21)16(17(23)25-7)22-18(24)26-19(3,4)5/h14-16H,8-13H2,1-7H3,(H,22,24). The molecule has 0 radical (unpaired) electrons. The summed E-state index contributed by atoms with van der Waals surface area (Å²) in [5.74, 6) is 0.955. The van der Waals surface area contributed by atoms with Gasteiger partial charge < -0.3 is 14.8 Å². The summed E-state index contributed by atoms with van der Waals surface area (Å²) in [4.78, 5) is 25.0. The molecule has 0 aromatic heterocycles. The van der Waals surface area contributed by atoms with Crippen LogP contribution in [0.2, 0.25) is 0 Å². The van der Waals surface area contributed by atoms with Crippen LogP contribution in [-0.2, 0) is 14.3 Å². The van der Waals surface area contributed by atoms with Crippen LogP contribution in [0.25, 0.3) is 0 Å². The molecule has 2 saturated carbocycles. The molecule has 5 heteroatoms. The van der Waals surface area contributed by atoms with Crippen molar-refractivity contribution in [2.45, 2.75) is 91.7 Å². The first-order valence-electron chi connectivity index (χ1n) is 9.99. The molecule has 5 nitrogen and oxygen atoms in total. The van der Waals surface area contributed by atoms with Crippen LogP contribution in [0.15, 0.2) is 0 Å². The van der Waals surface area contributed by atoms with Crippen molar-refractivity contribution in [2.24, 2.45) is 22.7 Å². The monoisotopic (exact) mass is 367 g/mol. The first kappa shape index (κ1) is 21.0. The van der Waals surface area contributed by atoms with E-state index in [1.807, 2.05) is 20.8 Å². The van der Waals surface area contributed by atoms with E-state index in [0.29, 0.717) is 5.92 Å². The van der Waals surface area contributed by atoms with Gasteiger partial charge in [0.25, 0.3) is 0 Å². The van der Waals surface area contributed by atoms with Crippen LogP contribution in [0.1, 0.15) is 80.1 Å². The van der Waals surface area contributed by atoms with Crippen molar-refractivity contribution < 1.29 is 19.1 Å². The van der Waals surface area contributed by atoms with Crippen molar-refractivity contribution in [2.75, 3.05) is 7.11 Å². The summed E-state index contributed by atoms with van der Waals surface area (Å²) in [6, 6.07) is -0.676. The van der Waals surface area contributed by atoms with Crippen molar-refractivity contribution in [3.8, 4) is 0 Å². The molecule has 2 fully saturated rings. The number of ether oxygens (including phenoxy) is 2. The fourth-order valence-electron chi connectivity index (χ4n) is 5.75. The minimum absolute atomic E-state index is 0.261. The average Bonchev–Trinajstić information content (AvgIpc) is 2.48. The van der Waals surface area contributed by atoms with Gasteiger partial charge in [0.2, 0.25) is 0 Å². The lowest BCUT2D eigenvalue weighted by Crippen LogP contribution is -2.57. The van der Waals surface area contributed by atoms with Gasteiger partial charge in [0, 0.05) is 0 Å². The zero-order chi connectivity index (χ0) is 19.8. The minimum Gasteiger partial charge on any atom is -0.467 e. The Balaban J connectivity index is 2.26. The van der Waals surface area contributed by atoms with Gasteiger partial charge in [-0.15, -0.1) is 0 Å².